The van der Waals surface area contributed by atoms with E-state index in [1.807, 2.05) is 37.3 Å². The Morgan fingerprint density at radius 3 is 2.61 bits per heavy atom. The van der Waals surface area contributed by atoms with Gasteiger partial charge in [0.2, 0.25) is 0 Å². The van der Waals surface area contributed by atoms with Crippen molar-refractivity contribution in [1.29, 1.82) is 0 Å². The van der Waals surface area contributed by atoms with Crippen LogP contribution in [0.1, 0.15) is 46.7 Å². The number of hydrogen-bond acceptors (Lipinski definition) is 4. The number of aromatic nitrogens is 1. The SMILES string of the molecule is Cc1nc(CC(C)C)sc1C(=O)NCC(C)(O)c1ccccc1. The van der Waals surface area contributed by atoms with E-state index in [2.05, 4.69) is 24.1 Å². The van der Waals surface area contributed by atoms with Crippen LogP contribution in [0.25, 0.3) is 0 Å². The lowest BCUT2D eigenvalue weighted by molar-refractivity contribution is 0.0527. The van der Waals surface area contributed by atoms with E-state index in [1.165, 1.54) is 11.3 Å². The molecule has 0 radical (unpaired) electrons. The number of aryl methyl sites for hydroxylation is 1. The lowest BCUT2D eigenvalue weighted by atomic mass is 9.96. The summed E-state index contributed by atoms with van der Waals surface area (Å²) in [4.78, 5) is 17.5. The summed E-state index contributed by atoms with van der Waals surface area (Å²) in [7, 11) is 0. The first-order valence-electron chi connectivity index (χ1n) is 7.82. The van der Waals surface area contributed by atoms with E-state index in [4.69, 9.17) is 0 Å². The van der Waals surface area contributed by atoms with Crippen LogP contribution in [0.5, 0.6) is 0 Å². The highest BCUT2D eigenvalue weighted by Crippen LogP contribution is 2.22. The van der Waals surface area contributed by atoms with Gasteiger partial charge in [-0.15, -0.1) is 11.3 Å². The second kappa shape index (κ2) is 7.23. The summed E-state index contributed by atoms with van der Waals surface area (Å²) in [5.74, 6) is 0.335. The molecule has 1 aromatic carbocycles. The zero-order valence-corrected chi connectivity index (χ0v) is 14.9. The van der Waals surface area contributed by atoms with E-state index < -0.39 is 5.60 Å². The molecule has 1 aromatic heterocycles. The maximum absolute atomic E-state index is 12.4. The number of benzene rings is 1. The molecule has 0 aliphatic heterocycles. The number of aliphatic hydroxyl groups is 1. The number of rotatable bonds is 6. The fourth-order valence-electron chi connectivity index (χ4n) is 2.33. The van der Waals surface area contributed by atoms with Gasteiger partial charge < -0.3 is 10.4 Å². The molecule has 2 rings (SSSR count). The Balaban J connectivity index is 2.04. The monoisotopic (exact) mass is 332 g/mol. The minimum atomic E-state index is -1.10. The highest BCUT2D eigenvalue weighted by Gasteiger charge is 2.25. The molecule has 0 saturated heterocycles. The first-order valence-corrected chi connectivity index (χ1v) is 8.63. The van der Waals surface area contributed by atoms with Gasteiger partial charge in [0.25, 0.3) is 5.91 Å². The van der Waals surface area contributed by atoms with Crippen LogP contribution >= 0.6 is 11.3 Å². The van der Waals surface area contributed by atoms with Gasteiger partial charge in [-0.2, -0.15) is 0 Å². The molecule has 2 N–H and O–H groups in total. The summed E-state index contributed by atoms with van der Waals surface area (Å²) in [6.45, 7) is 7.98. The number of hydrogen-bond donors (Lipinski definition) is 2. The van der Waals surface area contributed by atoms with Gasteiger partial charge in [-0.05, 0) is 25.3 Å². The highest BCUT2D eigenvalue weighted by atomic mass is 32.1. The summed E-state index contributed by atoms with van der Waals surface area (Å²) in [6.07, 6.45) is 0.876. The van der Waals surface area contributed by atoms with E-state index in [1.54, 1.807) is 6.92 Å². The molecular formula is C18H24N2O2S. The van der Waals surface area contributed by atoms with Crippen molar-refractivity contribution in [2.75, 3.05) is 6.54 Å². The number of amides is 1. The van der Waals surface area contributed by atoms with E-state index in [-0.39, 0.29) is 12.5 Å². The van der Waals surface area contributed by atoms with Crippen LogP contribution in [0.15, 0.2) is 30.3 Å². The maximum atomic E-state index is 12.4. The molecule has 1 heterocycles. The van der Waals surface area contributed by atoms with Gasteiger partial charge in [0.05, 0.1) is 17.2 Å². The van der Waals surface area contributed by atoms with Gasteiger partial charge in [0, 0.05) is 6.42 Å². The van der Waals surface area contributed by atoms with Crippen LogP contribution in [0.2, 0.25) is 0 Å². The highest BCUT2D eigenvalue weighted by molar-refractivity contribution is 7.13. The largest absolute Gasteiger partial charge is 0.384 e. The molecule has 0 bridgehead atoms. The zero-order chi connectivity index (χ0) is 17.0. The smallest absolute Gasteiger partial charge is 0.263 e. The van der Waals surface area contributed by atoms with Gasteiger partial charge in [0.15, 0.2) is 0 Å². The summed E-state index contributed by atoms with van der Waals surface area (Å²) in [5.41, 5.74) is 0.431. The summed E-state index contributed by atoms with van der Waals surface area (Å²) >= 11 is 1.44. The Morgan fingerprint density at radius 1 is 1.35 bits per heavy atom. The van der Waals surface area contributed by atoms with Crippen LogP contribution in [0.3, 0.4) is 0 Å². The number of nitrogens with one attached hydrogen (secondary N) is 1. The van der Waals surface area contributed by atoms with Gasteiger partial charge >= 0.3 is 0 Å². The standard InChI is InChI=1S/C18H24N2O2S/c1-12(2)10-15-20-13(3)16(23-15)17(21)19-11-18(4,22)14-8-6-5-7-9-14/h5-9,12,22H,10-11H2,1-4H3,(H,19,21). The van der Waals surface area contributed by atoms with Crippen LogP contribution in [-0.2, 0) is 12.0 Å². The fraction of sp³-hybridized carbons (Fsp3) is 0.444. The van der Waals surface area contributed by atoms with Crippen molar-refractivity contribution in [3.63, 3.8) is 0 Å². The van der Waals surface area contributed by atoms with Crippen LogP contribution < -0.4 is 5.32 Å². The third-order valence-electron chi connectivity index (χ3n) is 3.62. The zero-order valence-electron chi connectivity index (χ0n) is 14.1. The Bertz CT molecular complexity index is 663. The van der Waals surface area contributed by atoms with Crippen molar-refractivity contribution in [3.8, 4) is 0 Å². The van der Waals surface area contributed by atoms with Gasteiger partial charge in [0.1, 0.15) is 10.5 Å². The molecule has 1 atom stereocenters. The van der Waals surface area contributed by atoms with Crippen molar-refractivity contribution in [1.82, 2.24) is 10.3 Å². The molecule has 0 spiro atoms. The quantitative estimate of drug-likeness (QED) is 0.853. The third kappa shape index (κ3) is 4.62. The van der Waals surface area contributed by atoms with E-state index in [0.29, 0.717) is 10.8 Å². The Labute approximate surface area is 141 Å². The average molecular weight is 332 g/mol. The molecule has 23 heavy (non-hydrogen) atoms. The van der Waals surface area contributed by atoms with Gasteiger partial charge in [-0.1, -0.05) is 44.2 Å². The van der Waals surface area contributed by atoms with Gasteiger partial charge in [-0.25, -0.2) is 4.98 Å². The molecular weight excluding hydrogens is 308 g/mol. The molecule has 4 nitrogen and oxygen atoms in total. The fourth-order valence-corrected chi connectivity index (χ4v) is 3.52. The van der Waals surface area contributed by atoms with E-state index in [0.717, 1.165) is 22.7 Å². The summed E-state index contributed by atoms with van der Waals surface area (Å²) < 4.78 is 0. The Morgan fingerprint density at radius 2 is 2.00 bits per heavy atom. The summed E-state index contributed by atoms with van der Waals surface area (Å²) in [5, 5.41) is 14.4. The van der Waals surface area contributed by atoms with E-state index >= 15 is 0 Å². The molecule has 124 valence electrons. The van der Waals surface area contributed by atoms with Gasteiger partial charge in [-0.3, -0.25) is 4.79 Å². The van der Waals surface area contributed by atoms with Crippen molar-refractivity contribution in [2.45, 2.75) is 39.7 Å². The number of carbonyl (C=O) groups excluding carboxylic acids is 1. The van der Waals surface area contributed by atoms with Crippen LogP contribution in [0, 0.1) is 12.8 Å². The Kier molecular flexibility index (Phi) is 5.55. The first kappa shape index (κ1) is 17.6. The average Bonchev–Trinajstić information content (AvgIpc) is 2.85. The van der Waals surface area contributed by atoms with Crippen molar-refractivity contribution in [3.05, 3.63) is 51.5 Å². The number of carbonyl (C=O) groups is 1. The molecule has 1 amide bonds. The van der Waals surface area contributed by atoms with E-state index in [9.17, 15) is 9.90 Å². The Hall–Kier alpha value is -1.72. The first-order chi connectivity index (χ1) is 10.8. The molecule has 1 unspecified atom stereocenters. The number of thiazole rings is 1. The van der Waals surface area contributed by atoms with Crippen molar-refractivity contribution in [2.24, 2.45) is 5.92 Å². The molecule has 0 saturated carbocycles. The predicted octanol–water partition coefficient (Wildman–Crippen LogP) is 3.29. The van der Waals surface area contributed by atoms with Crippen LogP contribution in [-0.4, -0.2) is 22.5 Å². The molecule has 0 aliphatic carbocycles. The second-order valence-electron chi connectivity index (χ2n) is 6.44. The minimum absolute atomic E-state index is 0.159. The summed E-state index contributed by atoms with van der Waals surface area (Å²) in [6, 6.07) is 9.35. The predicted molar refractivity (Wildman–Crippen MR) is 93.7 cm³/mol. The van der Waals surface area contributed by atoms with Crippen LogP contribution in [0.4, 0.5) is 0 Å². The molecule has 0 fully saturated rings. The normalized spacial score (nSPS) is 13.8. The molecule has 0 aliphatic rings. The molecule has 5 heteroatoms. The lowest BCUT2D eigenvalue weighted by Gasteiger charge is -2.24. The maximum Gasteiger partial charge on any atom is 0.263 e. The third-order valence-corrected chi connectivity index (χ3v) is 4.80. The topological polar surface area (TPSA) is 62.2 Å². The van der Waals surface area contributed by atoms with Crippen molar-refractivity contribution >= 4 is 17.2 Å². The lowest BCUT2D eigenvalue weighted by Crippen LogP contribution is -2.38. The number of nitrogens with zero attached hydrogens (tertiary/aromatic N) is 1. The van der Waals surface area contributed by atoms with Crippen molar-refractivity contribution < 1.29 is 9.90 Å². The second-order valence-corrected chi connectivity index (χ2v) is 7.53. The minimum Gasteiger partial charge on any atom is -0.384 e. The molecule has 2 aromatic rings.